The van der Waals surface area contributed by atoms with E-state index in [1.807, 2.05) is 0 Å². The second-order valence-corrected chi connectivity index (χ2v) is 5.83. The van der Waals surface area contributed by atoms with Crippen LogP contribution in [0.1, 0.15) is 25.8 Å². The van der Waals surface area contributed by atoms with E-state index in [0.717, 1.165) is 0 Å². The van der Waals surface area contributed by atoms with Crippen molar-refractivity contribution in [2.75, 3.05) is 6.61 Å². The van der Waals surface area contributed by atoms with Crippen LogP contribution in [-0.2, 0) is 30.5 Å². The van der Waals surface area contributed by atoms with Crippen molar-refractivity contribution < 1.29 is 34.1 Å². The van der Waals surface area contributed by atoms with Crippen LogP contribution in [0.5, 0.6) is 0 Å². The summed E-state index contributed by atoms with van der Waals surface area (Å²) in [7, 11) is 0. The van der Waals surface area contributed by atoms with Crippen LogP contribution in [0, 0.1) is 0 Å². The van der Waals surface area contributed by atoms with E-state index in [0.29, 0.717) is 11.1 Å². The molecular formula is C19H20O7. The number of hydrogen-bond donors (Lipinski definition) is 2. The van der Waals surface area contributed by atoms with Crippen molar-refractivity contribution >= 4 is 17.9 Å². The van der Waals surface area contributed by atoms with E-state index in [1.165, 1.54) is 13.0 Å². The van der Waals surface area contributed by atoms with E-state index in [4.69, 9.17) is 9.47 Å². The van der Waals surface area contributed by atoms with Crippen molar-refractivity contribution in [3.05, 3.63) is 58.7 Å². The van der Waals surface area contributed by atoms with E-state index in [9.17, 15) is 24.6 Å². The van der Waals surface area contributed by atoms with Crippen LogP contribution in [0.2, 0.25) is 0 Å². The first-order chi connectivity index (χ1) is 12.3. The Morgan fingerprint density at radius 1 is 1.15 bits per heavy atom. The van der Waals surface area contributed by atoms with Crippen LogP contribution in [0.25, 0.3) is 0 Å². The molecule has 0 saturated heterocycles. The molecule has 1 aromatic carbocycles. The normalized spacial score (nSPS) is 19.7. The van der Waals surface area contributed by atoms with Gasteiger partial charge < -0.3 is 19.7 Å². The lowest BCUT2D eigenvalue weighted by atomic mass is 9.79. The fourth-order valence-electron chi connectivity index (χ4n) is 2.74. The van der Waals surface area contributed by atoms with Crippen LogP contribution in [-0.4, -0.2) is 40.3 Å². The molecule has 2 rings (SSSR count). The molecule has 0 bridgehead atoms. The van der Waals surface area contributed by atoms with Gasteiger partial charge >= 0.3 is 17.9 Å². The van der Waals surface area contributed by atoms with Crippen LogP contribution < -0.4 is 0 Å². The highest BCUT2D eigenvalue weighted by molar-refractivity contribution is 6.03. The molecule has 0 spiro atoms. The SMILES string of the molecule is CCOC(=O)C1=CC(C)=C(C(=O)O)CC1(OCc1ccccc1)C(=O)O. The molecule has 7 heteroatoms. The van der Waals surface area contributed by atoms with Crippen molar-refractivity contribution in [1.82, 2.24) is 0 Å². The molecular weight excluding hydrogens is 340 g/mol. The summed E-state index contributed by atoms with van der Waals surface area (Å²) in [6, 6.07) is 8.82. The second kappa shape index (κ2) is 7.97. The quantitative estimate of drug-likeness (QED) is 0.718. The minimum Gasteiger partial charge on any atom is -0.479 e. The zero-order valence-electron chi connectivity index (χ0n) is 14.5. The third-order valence-electron chi connectivity index (χ3n) is 4.12. The Bertz CT molecular complexity index is 776. The van der Waals surface area contributed by atoms with Gasteiger partial charge in [-0.05, 0) is 31.1 Å². The Kier molecular flexibility index (Phi) is 5.94. The van der Waals surface area contributed by atoms with Crippen LogP contribution in [0.15, 0.2) is 53.1 Å². The van der Waals surface area contributed by atoms with Gasteiger partial charge in [0, 0.05) is 12.0 Å². The summed E-state index contributed by atoms with van der Waals surface area (Å²) >= 11 is 0. The monoisotopic (exact) mass is 360 g/mol. The van der Waals surface area contributed by atoms with E-state index < -0.39 is 29.9 Å². The molecule has 0 heterocycles. The van der Waals surface area contributed by atoms with E-state index in [-0.39, 0.29) is 24.4 Å². The molecule has 1 aromatic rings. The summed E-state index contributed by atoms with van der Waals surface area (Å²) in [5.41, 5.74) is -1.48. The average molecular weight is 360 g/mol. The molecule has 0 amide bonds. The van der Waals surface area contributed by atoms with Gasteiger partial charge in [-0.25, -0.2) is 14.4 Å². The molecule has 26 heavy (non-hydrogen) atoms. The molecule has 0 radical (unpaired) electrons. The zero-order chi connectivity index (χ0) is 19.3. The minimum atomic E-state index is -2.13. The van der Waals surface area contributed by atoms with Crippen LogP contribution in [0.3, 0.4) is 0 Å². The summed E-state index contributed by atoms with van der Waals surface area (Å²) in [5, 5.41) is 19.2. The fraction of sp³-hybridized carbons (Fsp3) is 0.316. The van der Waals surface area contributed by atoms with Crippen molar-refractivity contribution in [3.63, 3.8) is 0 Å². The first-order valence-corrected chi connectivity index (χ1v) is 8.05. The van der Waals surface area contributed by atoms with Gasteiger partial charge in [0.15, 0.2) is 0 Å². The van der Waals surface area contributed by atoms with E-state index in [2.05, 4.69) is 0 Å². The first-order valence-electron chi connectivity index (χ1n) is 8.05. The highest BCUT2D eigenvalue weighted by atomic mass is 16.5. The van der Waals surface area contributed by atoms with Crippen molar-refractivity contribution in [1.29, 1.82) is 0 Å². The smallest absolute Gasteiger partial charge is 0.341 e. The number of carboxylic acid groups (broad SMARTS) is 2. The molecule has 0 aliphatic heterocycles. The topological polar surface area (TPSA) is 110 Å². The highest BCUT2D eigenvalue weighted by Gasteiger charge is 2.51. The molecule has 0 saturated carbocycles. The molecule has 138 valence electrons. The highest BCUT2D eigenvalue weighted by Crippen LogP contribution is 2.38. The number of esters is 1. The van der Waals surface area contributed by atoms with Gasteiger partial charge in [0.2, 0.25) is 5.60 Å². The van der Waals surface area contributed by atoms with Crippen LogP contribution in [0.4, 0.5) is 0 Å². The maximum Gasteiger partial charge on any atom is 0.341 e. The average Bonchev–Trinajstić information content (AvgIpc) is 2.61. The molecule has 1 aliphatic carbocycles. The summed E-state index contributed by atoms with van der Waals surface area (Å²) in [5.74, 6) is -3.54. The Morgan fingerprint density at radius 3 is 2.35 bits per heavy atom. The Balaban J connectivity index is 2.48. The Labute approximate surface area is 150 Å². The number of carbonyl (C=O) groups is 3. The summed E-state index contributed by atoms with van der Waals surface area (Å²) < 4.78 is 10.6. The number of benzene rings is 1. The van der Waals surface area contributed by atoms with Gasteiger partial charge in [-0.1, -0.05) is 30.3 Å². The molecule has 0 aromatic heterocycles. The summed E-state index contributed by atoms with van der Waals surface area (Å²) in [6.45, 7) is 3.06. The maximum atomic E-state index is 12.3. The van der Waals surface area contributed by atoms with E-state index in [1.54, 1.807) is 37.3 Å². The number of hydrogen-bond acceptors (Lipinski definition) is 5. The maximum absolute atomic E-state index is 12.3. The molecule has 1 unspecified atom stereocenters. The number of carboxylic acids is 2. The van der Waals surface area contributed by atoms with Crippen LogP contribution >= 0.6 is 0 Å². The predicted molar refractivity (Wildman–Crippen MR) is 91.3 cm³/mol. The van der Waals surface area contributed by atoms with Gasteiger partial charge in [0.05, 0.1) is 18.8 Å². The lowest BCUT2D eigenvalue weighted by molar-refractivity contribution is -0.167. The third-order valence-corrected chi connectivity index (χ3v) is 4.12. The van der Waals surface area contributed by atoms with Crippen molar-refractivity contribution in [2.24, 2.45) is 0 Å². The summed E-state index contributed by atoms with van der Waals surface area (Å²) in [6.07, 6.45) is 0.755. The minimum absolute atomic E-state index is 0.0547. The fourth-order valence-corrected chi connectivity index (χ4v) is 2.74. The predicted octanol–water partition coefficient (Wildman–Crippen LogP) is 2.32. The molecule has 0 fully saturated rings. The molecule has 1 atom stereocenters. The van der Waals surface area contributed by atoms with Gasteiger partial charge in [0.1, 0.15) is 0 Å². The standard InChI is InChI=1S/C19H20O7/c1-3-25-17(22)15-9-12(2)14(16(20)21)10-19(15,18(23)24)26-11-13-7-5-4-6-8-13/h4-9H,3,10-11H2,1-2H3,(H,20,21)(H,23,24). The van der Waals surface area contributed by atoms with E-state index >= 15 is 0 Å². The first kappa shape index (κ1) is 19.4. The van der Waals surface area contributed by atoms with Gasteiger partial charge in [-0.3, -0.25) is 0 Å². The van der Waals surface area contributed by atoms with Crippen molar-refractivity contribution in [3.8, 4) is 0 Å². The number of aliphatic carboxylic acids is 2. The lowest BCUT2D eigenvalue weighted by Crippen LogP contribution is -2.48. The number of rotatable bonds is 7. The largest absolute Gasteiger partial charge is 0.479 e. The van der Waals surface area contributed by atoms with Gasteiger partial charge in [-0.15, -0.1) is 0 Å². The Hall–Kier alpha value is -2.93. The molecule has 7 nitrogen and oxygen atoms in total. The van der Waals surface area contributed by atoms with Gasteiger partial charge in [0.25, 0.3) is 0 Å². The lowest BCUT2D eigenvalue weighted by Gasteiger charge is -2.34. The number of carbonyl (C=O) groups excluding carboxylic acids is 1. The Morgan fingerprint density at radius 2 is 1.81 bits per heavy atom. The molecule has 2 N–H and O–H groups in total. The van der Waals surface area contributed by atoms with Gasteiger partial charge in [-0.2, -0.15) is 0 Å². The van der Waals surface area contributed by atoms with Crippen molar-refractivity contribution in [2.45, 2.75) is 32.5 Å². The third kappa shape index (κ3) is 3.83. The second-order valence-electron chi connectivity index (χ2n) is 5.83. The number of ether oxygens (including phenoxy) is 2. The number of allylic oxidation sites excluding steroid dienone is 2. The summed E-state index contributed by atoms with van der Waals surface area (Å²) in [4.78, 5) is 35.9. The molecule has 1 aliphatic rings. The zero-order valence-corrected chi connectivity index (χ0v) is 14.5.